The van der Waals surface area contributed by atoms with Crippen molar-refractivity contribution in [3.8, 4) is 0 Å². The Balaban J connectivity index is 3.45. The maximum atomic E-state index is 12.8. The van der Waals surface area contributed by atoms with Crippen molar-refractivity contribution >= 4 is 28.5 Å². The van der Waals surface area contributed by atoms with Gasteiger partial charge in [0.15, 0.2) is 5.82 Å². The predicted octanol–water partition coefficient (Wildman–Crippen LogP) is 1.86. The number of amides is 1. The maximum Gasteiger partial charge on any atom is 0.267 e. The minimum atomic E-state index is -2.98. The standard InChI is InChI=1S/C7H4F3IN2O/c8-2-1-13-5(7(12)14)3(4(2)11)6(9)10/h1,6H,(H2,12,14). The van der Waals surface area contributed by atoms with Gasteiger partial charge in [-0.2, -0.15) is 0 Å². The fourth-order valence-electron chi connectivity index (χ4n) is 0.876. The smallest absolute Gasteiger partial charge is 0.267 e. The van der Waals surface area contributed by atoms with Gasteiger partial charge in [-0.05, 0) is 22.6 Å². The number of aromatic nitrogens is 1. The number of primary amides is 1. The molecule has 0 aliphatic heterocycles. The Kier molecular flexibility index (Phi) is 3.29. The van der Waals surface area contributed by atoms with E-state index in [1.807, 2.05) is 0 Å². The monoisotopic (exact) mass is 316 g/mol. The highest BCUT2D eigenvalue weighted by Crippen LogP contribution is 2.28. The molecule has 0 atom stereocenters. The number of hydrogen-bond acceptors (Lipinski definition) is 2. The minimum Gasteiger partial charge on any atom is -0.364 e. The molecule has 2 N–H and O–H groups in total. The van der Waals surface area contributed by atoms with E-state index in [4.69, 9.17) is 5.73 Å². The Morgan fingerprint density at radius 2 is 2.14 bits per heavy atom. The van der Waals surface area contributed by atoms with E-state index in [1.54, 1.807) is 0 Å². The Labute approximate surface area is 90.6 Å². The van der Waals surface area contributed by atoms with Gasteiger partial charge in [0.2, 0.25) is 0 Å². The van der Waals surface area contributed by atoms with Crippen LogP contribution in [0.3, 0.4) is 0 Å². The van der Waals surface area contributed by atoms with Crippen LogP contribution >= 0.6 is 22.6 Å². The molecule has 0 unspecified atom stereocenters. The van der Waals surface area contributed by atoms with Crippen LogP contribution in [0.5, 0.6) is 0 Å². The summed E-state index contributed by atoms with van der Waals surface area (Å²) in [5.41, 5.74) is 3.47. The Morgan fingerprint density at radius 3 is 2.57 bits per heavy atom. The number of carbonyl (C=O) groups excluding carboxylic acids is 1. The molecule has 0 saturated heterocycles. The highest BCUT2D eigenvalue weighted by molar-refractivity contribution is 14.1. The molecule has 1 amide bonds. The second-order valence-corrected chi connectivity index (χ2v) is 3.43. The first-order chi connectivity index (χ1) is 6.45. The van der Waals surface area contributed by atoms with Gasteiger partial charge in [-0.25, -0.2) is 18.2 Å². The number of halogens is 4. The lowest BCUT2D eigenvalue weighted by Crippen LogP contribution is -2.17. The Hall–Kier alpha value is -0.860. The summed E-state index contributed by atoms with van der Waals surface area (Å²) in [6.07, 6.45) is -2.29. The zero-order valence-electron chi connectivity index (χ0n) is 6.60. The molecule has 0 spiro atoms. The summed E-state index contributed by atoms with van der Waals surface area (Å²) in [7, 11) is 0. The van der Waals surface area contributed by atoms with Gasteiger partial charge in [-0.3, -0.25) is 4.79 Å². The van der Waals surface area contributed by atoms with E-state index in [-0.39, 0.29) is 3.57 Å². The molecule has 76 valence electrons. The van der Waals surface area contributed by atoms with Gasteiger partial charge in [0.05, 0.1) is 15.3 Å². The quantitative estimate of drug-likeness (QED) is 0.847. The first-order valence-corrected chi connectivity index (χ1v) is 4.45. The lowest BCUT2D eigenvalue weighted by atomic mass is 10.2. The predicted molar refractivity (Wildman–Crippen MR) is 50.4 cm³/mol. The molecule has 0 radical (unpaired) electrons. The molecule has 0 bridgehead atoms. The van der Waals surface area contributed by atoms with Crippen molar-refractivity contribution in [2.75, 3.05) is 0 Å². The molecule has 1 aromatic rings. The zero-order chi connectivity index (χ0) is 10.9. The van der Waals surface area contributed by atoms with E-state index < -0.39 is 29.4 Å². The van der Waals surface area contributed by atoms with E-state index in [0.29, 0.717) is 6.20 Å². The SMILES string of the molecule is NC(=O)c1ncc(F)c(I)c1C(F)F. The molecule has 0 fully saturated rings. The second kappa shape index (κ2) is 4.11. The molecule has 0 aliphatic rings. The number of hydrogen-bond donors (Lipinski definition) is 1. The van der Waals surface area contributed by atoms with Crippen LogP contribution < -0.4 is 5.73 Å². The molecule has 1 aromatic heterocycles. The summed E-state index contributed by atoms with van der Waals surface area (Å²) in [6.45, 7) is 0. The third-order valence-corrected chi connectivity index (χ3v) is 2.56. The summed E-state index contributed by atoms with van der Waals surface area (Å²) in [6, 6.07) is 0. The molecule has 7 heteroatoms. The van der Waals surface area contributed by atoms with Crippen molar-refractivity contribution in [3.63, 3.8) is 0 Å². The summed E-state index contributed by atoms with van der Waals surface area (Å²) >= 11 is 1.38. The van der Waals surface area contributed by atoms with E-state index in [1.165, 1.54) is 22.6 Å². The van der Waals surface area contributed by atoms with Gasteiger partial charge in [0, 0.05) is 0 Å². The van der Waals surface area contributed by atoms with Crippen LogP contribution in [0.4, 0.5) is 13.2 Å². The lowest BCUT2D eigenvalue weighted by molar-refractivity contribution is 0.0979. The van der Waals surface area contributed by atoms with E-state index >= 15 is 0 Å². The van der Waals surface area contributed by atoms with Crippen molar-refractivity contribution in [2.24, 2.45) is 5.73 Å². The van der Waals surface area contributed by atoms with Gasteiger partial charge >= 0.3 is 0 Å². The highest BCUT2D eigenvalue weighted by Gasteiger charge is 2.23. The zero-order valence-corrected chi connectivity index (χ0v) is 8.76. The molecule has 14 heavy (non-hydrogen) atoms. The summed E-state index contributed by atoms with van der Waals surface area (Å²) in [4.78, 5) is 13.9. The van der Waals surface area contributed by atoms with Crippen LogP contribution in [-0.4, -0.2) is 10.9 Å². The Morgan fingerprint density at radius 1 is 1.57 bits per heavy atom. The van der Waals surface area contributed by atoms with Crippen LogP contribution in [0.1, 0.15) is 22.5 Å². The summed E-state index contributed by atoms with van der Waals surface area (Å²) in [5, 5.41) is 0. The first kappa shape index (κ1) is 11.2. The molecular weight excluding hydrogens is 312 g/mol. The molecule has 1 rings (SSSR count). The van der Waals surface area contributed by atoms with Crippen molar-refractivity contribution in [3.05, 3.63) is 26.8 Å². The number of nitrogens with two attached hydrogens (primary N) is 1. The first-order valence-electron chi connectivity index (χ1n) is 3.37. The third-order valence-electron chi connectivity index (χ3n) is 1.46. The average molecular weight is 316 g/mol. The number of carbonyl (C=O) groups is 1. The average Bonchev–Trinajstić information content (AvgIpc) is 2.08. The van der Waals surface area contributed by atoms with Crippen LogP contribution in [0.2, 0.25) is 0 Å². The van der Waals surface area contributed by atoms with Crippen molar-refractivity contribution in [1.29, 1.82) is 0 Å². The van der Waals surface area contributed by atoms with Crippen molar-refractivity contribution < 1.29 is 18.0 Å². The van der Waals surface area contributed by atoms with Gasteiger partial charge in [0.25, 0.3) is 12.3 Å². The van der Waals surface area contributed by atoms with E-state index in [9.17, 15) is 18.0 Å². The molecule has 0 aromatic carbocycles. The molecule has 1 heterocycles. The third kappa shape index (κ3) is 1.97. The van der Waals surface area contributed by atoms with Crippen LogP contribution in [0.15, 0.2) is 6.20 Å². The van der Waals surface area contributed by atoms with E-state index in [2.05, 4.69) is 4.98 Å². The van der Waals surface area contributed by atoms with E-state index in [0.717, 1.165) is 0 Å². The lowest BCUT2D eigenvalue weighted by Gasteiger charge is -2.07. The number of rotatable bonds is 2. The summed E-state index contributed by atoms with van der Waals surface area (Å²) in [5.74, 6) is -2.00. The van der Waals surface area contributed by atoms with Crippen molar-refractivity contribution in [2.45, 2.75) is 6.43 Å². The van der Waals surface area contributed by atoms with Gasteiger partial charge in [-0.1, -0.05) is 0 Å². The fraction of sp³-hybridized carbons (Fsp3) is 0.143. The van der Waals surface area contributed by atoms with Gasteiger partial charge < -0.3 is 5.73 Å². The van der Waals surface area contributed by atoms with Gasteiger partial charge in [-0.15, -0.1) is 0 Å². The molecule has 0 aliphatic carbocycles. The van der Waals surface area contributed by atoms with Crippen LogP contribution in [0, 0.1) is 9.39 Å². The van der Waals surface area contributed by atoms with Crippen LogP contribution in [0.25, 0.3) is 0 Å². The normalized spacial score (nSPS) is 10.6. The number of alkyl halides is 2. The minimum absolute atomic E-state index is 0.332. The summed E-state index contributed by atoms with van der Waals surface area (Å²) < 4.78 is 37.3. The molecule has 3 nitrogen and oxygen atoms in total. The largest absolute Gasteiger partial charge is 0.364 e. The number of nitrogens with zero attached hydrogens (tertiary/aromatic N) is 1. The Bertz CT molecular complexity index is 383. The van der Waals surface area contributed by atoms with Crippen LogP contribution in [-0.2, 0) is 0 Å². The maximum absolute atomic E-state index is 12.8. The fourth-order valence-corrected chi connectivity index (χ4v) is 1.51. The molecule has 0 saturated carbocycles. The van der Waals surface area contributed by atoms with Crippen molar-refractivity contribution in [1.82, 2.24) is 4.98 Å². The number of pyridine rings is 1. The van der Waals surface area contributed by atoms with Gasteiger partial charge in [0.1, 0.15) is 5.69 Å². The highest BCUT2D eigenvalue weighted by atomic mass is 127. The topological polar surface area (TPSA) is 56.0 Å². The second-order valence-electron chi connectivity index (χ2n) is 2.35. The molecular formula is C7H4F3IN2O.